The van der Waals surface area contributed by atoms with E-state index in [1.807, 2.05) is 19.9 Å². The Morgan fingerprint density at radius 3 is 2.70 bits per heavy atom. The average molecular weight is 406 g/mol. The Labute approximate surface area is 160 Å². The van der Waals surface area contributed by atoms with Crippen LogP contribution < -0.4 is 5.32 Å². The summed E-state index contributed by atoms with van der Waals surface area (Å²) in [5.74, 6) is -0.249. The number of hydrogen-bond acceptors (Lipinski definition) is 7. The van der Waals surface area contributed by atoms with E-state index in [9.17, 15) is 13.2 Å². The third-order valence-corrected chi connectivity index (χ3v) is 7.48. The highest BCUT2D eigenvalue weighted by Crippen LogP contribution is 2.33. The van der Waals surface area contributed by atoms with Crippen molar-refractivity contribution in [1.82, 2.24) is 15.5 Å². The molecule has 0 aromatic carbocycles. The standard InChI is InChI=1S/C18H19N3O4S2/c1-9-6-13(11(3)26-9)15-7-14(16-10(2)21-25-18(16)20-15)17(22)19-12-4-5-27(23,24)8-12/h6-7,12H,4-5,8H2,1-3H3,(H,19,22)/t12-/m0/s1. The van der Waals surface area contributed by atoms with E-state index in [0.717, 1.165) is 15.3 Å². The summed E-state index contributed by atoms with van der Waals surface area (Å²) in [4.78, 5) is 19.7. The van der Waals surface area contributed by atoms with E-state index >= 15 is 0 Å². The molecule has 1 N–H and O–H groups in total. The third-order valence-electron chi connectivity index (χ3n) is 4.75. The molecule has 1 aliphatic rings. The van der Waals surface area contributed by atoms with E-state index in [0.29, 0.717) is 34.5 Å². The monoisotopic (exact) mass is 405 g/mol. The van der Waals surface area contributed by atoms with Gasteiger partial charge in [-0.2, -0.15) is 0 Å². The first-order valence-electron chi connectivity index (χ1n) is 8.59. The zero-order valence-corrected chi connectivity index (χ0v) is 16.8. The van der Waals surface area contributed by atoms with Crippen molar-refractivity contribution in [2.75, 3.05) is 11.5 Å². The number of carbonyl (C=O) groups excluding carboxylic acids is 1. The number of fused-ring (bicyclic) bond motifs is 1. The molecule has 1 amide bonds. The minimum atomic E-state index is -3.07. The Bertz CT molecular complexity index is 1160. The summed E-state index contributed by atoms with van der Waals surface area (Å²) in [6.07, 6.45) is 0.431. The van der Waals surface area contributed by atoms with E-state index in [4.69, 9.17) is 4.52 Å². The Hall–Kier alpha value is -2.26. The molecule has 27 heavy (non-hydrogen) atoms. The van der Waals surface area contributed by atoms with Crippen molar-refractivity contribution in [3.63, 3.8) is 0 Å². The zero-order valence-electron chi connectivity index (χ0n) is 15.2. The average Bonchev–Trinajstić information content (AvgIpc) is 3.24. The smallest absolute Gasteiger partial charge is 0.259 e. The third kappa shape index (κ3) is 3.37. The first-order valence-corrected chi connectivity index (χ1v) is 11.2. The highest BCUT2D eigenvalue weighted by atomic mass is 32.2. The number of thiophene rings is 1. The van der Waals surface area contributed by atoms with Crippen LogP contribution in [0.15, 0.2) is 16.7 Å². The van der Waals surface area contributed by atoms with E-state index in [1.165, 1.54) is 0 Å². The van der Waals surface area contributed by atoms with E-state index in [-0.39, 0.29) is 23.5 Å². The normalized spacial score (nSPS) is 18.9. The van der Waals surface area contributed by atoms with Crippen LogP contribution in [-0.4, -0.2) is 42.0 Å². The molecule has 3 aromatic heterocycles. The Morgan fingerprint density at radius 2 is 2.07 bits per heavy atom. The predicted molar refractivity (Wildman–Crippen MR) is 104 cm³/mol. The molecular formula is C18H19N3O4S2. The minimum absolute atomic E-state index is 0.0225. The molecule has 0 saturated carbocycles. The van der Waals surface area contributed by atoms with Gasteiger partial charge in [0.05, 0.1) is 33.8 Å². The van der Waals surface area contributed by atoms with Crippen molar-refractivity contribution in [2.45, 2.75) is 33.2 Å². The molecule has 1 saturated heterocycles. The molecule has 142 valence electrons. The Balaban J connectivity index is 1.77. The van der Waals surface area contributed by atoms with Gasteiger partial charge in [-0.15, -0.1) is 11.3 Å². The van der Waals surface area contributed by atoms with Gasteiger partial charge in [0.15, 0.2) is 9.84 Å². The van der Waals surface area contributed by atoms with E-state index < -0.39 is 9.84 Å². The lowest BCUT2D eigenvalue weighted by molar-refractivity contribution is 0.0942. The molecule has 4 rings (SSSR count). The quantitative estimate of drug-likeness (QED) is 0.719. The number of rotatable bonds is 3. The maximum Gasteiger partial charge on any atom is 0.259 e. The topological polar surface area (TPSA) is 102 Å². The van der Waals surface area contributed by atoms with Gasteiger partial charge in [-0.25, -0.2) is 13.4 Å². The molecule has 0 aliphatic carbocycles. The molecule has 1 fully saturated rings. The van der Waals surface area contributed by atoms with E-state index in [1.54, 1.807) is 24.3 Å². The first kappa shape index (κ1) is 18.1. The van der Waals surface area contributed by atoms with Crippen LogP contribution in [0.2, 0.25) is 0 Å². The molecule has 1 aliphatic heterocycles. The van der Waals surface area contributed by atoms with Gasteiger partial charge in [0, 0.05) is 21.4 Å². The number of sulfone groups is 1. The van der Waals surface area contributed by atoms with Gasteiger partial charge >= 0.3 is 0 Å². The summed E-state index contributed by atoms with van der Waals surface area (Å²) in [7, 11) is -3.07. The number of nitrogens with zero attached hydrogens (tertiary/aromatic N) is 2. The molecule has 0 radical (unpaired) electrons. The van der Waals surface area contributed by atoms with Gasteiger partial charge in [0.25, 0.3) is 11.6 Å². The lowest BCUT2D eigenvalue weighted by Crippen LogP contribution is -2.35. The summed E-state index contributed by atoms with van der Waals surface area (Å²) < 4.78 is 28.7. The highest BCUT2D eigenvalue weighted by Gasteiger charge is 2.30. The van der Waals surface area contributed by atoms with Crippen molar-refractivity contribution in [3.8, 4) is 11.3 Å². The van der Waals surface area contributed by atoms with Crippen LogP contribution in [0.25, 0.3) is 22.4 Å². The van der Waals surface area contributed by atoms with Crippen molar-refractivity contribution in [3.05, 3.63) is 33.1 Å². The molecule has 0 unspecified atom stereocenters. The van der Waals surface area contributed by atoms with Crippen LogP contribution in [-0.2, 0) is 9.84 Å². The second-order valence-corrected chi connectivity index (χ2v) is 10.6. The molecule has 9 heteroatoms. The van der Waals surface area contributed by atoms with Crippen LogP contribution >= 0.6 is 11.3 Å². The fourth-order valence-electron chi connectivity index (χ4n) is 3.47. The molecule has 0 spiro atoms. The lowest BCUT2D eigenvalue weighted by atomic mass is 10.0. The van der Waals surface area contributed by atoms with Crippen molar-refractivity contribution < 1.29 is 17.7 Å². The minimum Gasteiger partial charge on any atom is -0.348 e. The predicted octanol–water partition coefficient (Wildman–Crippen LogP) is 2.79. The summed E-state index contributed by atoms with van der Waals surface area (Å²) in [5, 5.41) is 7.35. The Kier molecular flexibility index (Phi) is 4.31. The summed E-state index contributed by atoms with van der Waals surface area (Å²) >= 11 is 1.66. The van der Waals surface area contributed by atoms with E-state index in [2.05, 4.69) is 15.5 Å². The SMILES string of the molecule is Cc1cc(-c2cc(C(=O)N[C@H]3CCS(=O)(=O)C3)c3c(C)noc3n2)c(C)s1. The number of pyridine rings is 1. The van der Waals surface area contributed by atoms with Crippen molar-refractivity contribution in [1.29, 1.82) is 0 Å². The number of hydrogen-bond donors (Lipinski definition) is 1. The molecular weight excluding hydrogens is 386 g/mol. The first-order chi connectivity index (χ1) is 12.7. The van der Waals surface area contributed by atoms with Gasteiger partial charge in [-0.1, -0.05) is 5.16 Å². The number of nitrogens with one attached hydrogen (secondary N) is 1. The maximum atomic E-state index is 12.9. The zero-order chi connectivity index (χ0) is 19.3. The van der Waals surface area contributed by atoms with Gasteiger partial charge in [-0.05, 0) is 39.3 Å². The lowest BCUT2D eigenvalue weighted by Gasteiger charge is -2.12. The van der Waals surface area contributed by atoms with Crippen LogP contribution in [0.3, 0.4) is 0 Å². The Morgan fingerprint density at radius 1 is 1.30 bits per heavy atom. The highest BCUT2D eigenvalue weighted by molar-refractivity contribution is 7.91. The van der Waals surface area contributed by atoms with Crippen LogP contribution in [0.5, 0.6) is 0 Å². The van der Waals surface area contributed by atoms with Gasteiger partial charge < -0.3 is 9.84 Å². The van der Waals surface area contributed by atoms with Gasteiger partial charge in [0.2, 0.25) is 0 Å². The van der Waals surface area contributed by atoms with Crippen molar-refractivity contribution in [2.24, 2.45) is 0 Å². The van der Waals surface area contributed by atoms with Gasteiger partial charge in [0.1, 0.15) is 0 Å². The number of carbonyl (C=O) groups is 1. The summed E-state index contributed by atoms with van der Waals surface area (Å²) in [6.45, 7) is 5.78. The maximum absolute atomic E-state index is 12.9. The number of amides is 1. The second-order valence-electron chi connectivity index (χ2n) is 6.90. The summed E-state index contributed by atoms with van der Waals surface area (Å²) in [6, 6.07) is 3.39. The van der Waals surface area contributed by atoms with Crippen LogP contribution in [0, 0.1) is 20.8 Å². The molecule has 1 atom stereocenters. The second kappa shape index (κ2) is 6.42. The largest absolute Gasteiger partial charge is 0.348 e. The van der Waals surface area contributed by atoms with Crippen LogP contribution in [0.4, 0.5) is 0 Å². The van der Waals surface area contributed by atoms with Gasteiger partial charge in [-0.3, -0.25) is 4.79 Å². The molecule has 3 aromatic rings. The fraction of sp³-hybridized carbons (Fsp3) is 0.389. The van der Waals surface area contributed by atoms with Crippen LogP contribution in [0.1, 0.15) is 32.2 Å². The molecule has 0 bridgehead atoms. The number of aromatic nitrogens is 2. The fourth-order valence-corrected chi connectivity index (χ4v) is 6.08. The molecule has 7 nitrogen and oxygen atoms in total. The molecule has 4 heterocycles. The number of aryl methyl sites for hydroxylation is 3. The summed E-state index contributed by atoms with van der Waals surface area (Å²) in [5.41, 5.74) is 2.88. The van der Waals surface area contributed by atoms with Crippen molar-refractivity contribution >= 4 is 38.2 Å².